The molecule has 0 radical (unpaired) electrons. The van der Waals surface area contributed by atoms with Gasteiger partial charge in [0.1, 0.15) is 0 Å². The van der Waals surface area contributed by atoms with Crippen LogP contribution in [0, 0.1) is 10.2 Å². The predicted molar refractivity (Wildman–Crippen MR) is 61.5 cm³/mol. The SMILES string of the molecule is CC(C)(C)c1ccc2ccccc2[o+]1.[O-][Cl+3]([O-])([O-])O. The van der Waals surface area contributed by atoms with Crippen molar-refractivity contribution >= 4 is 11.0 Å². The van der Waals surface area contributed by atoms with Crippen molar-refractivity contribution in [3.05, 3.63) is 42.2 Å². The molecule has 1 aromatic heterocycles. The molecule has 0 aliphatic carbocycles. The summed E-state index contributed by atoms with van der Waals surface area (Å²) in [6.07, 6.45) is 0. The molecule has 0 unspecified atom stereocenters. The molecule has 0 saturated heterocycles. The summed E-state index contributed by atoms with van der Waals surface area (Å²) >= 11 is 0. The third kappa shape index (κ3) is 5.96. The fraction of sp³-hybridized carbons (Fsp3) is 0.308. The number of hydrogen-bond acceptors (Lipinski definition) is 4. The van der Waals surface area contributed by atoms with Gasteiger partial charge in [-0.3, -0.25) is 0 Å². The van der Waals surface area contributed by atoms with E-state index in [1.165, 1.54) is 0 Å². The normalized spacial score (nSPS) is 11.9. The Hall–Kier alpha value is -1.24. The van der Waals surface area contributed by atoms with Gasteiger partial charge < -0.3 is 0 Å². The summed E-state index contributed by atoms with van der Waals surface area (Å²) in [5, 5.41) is 1.15. The fourth-order valence-corrected chi connectivity index (χ4v) is 1.43. The molecule has 1 N–H and O–H groups in total. The van der Waals surface area contributed by atoms with E-state index in [1.54, 1.807) is 0 Å². The number of halogens is 1. The van der Waals surface area contributed by atoms with E-state index in [0.29, 0.717) is 0 Å². The summed E-state index contributed by atoms with van der Waals surface area (Å²) in [5.74, 6) is 1.02. The number of para-hydroxylation sites is 1. The number of rotatable bonds is 0. The smallest absolute Gasteiger partial charge is 0.212 e. The van der Waals surface area contributed by atoms with Crippen LogP contribution in [-0.2, 0) is 5.41 Å². The Morgan fingerprint density at radius 1 is 1.00 bits per heavy atom. The maximum absolute atomic E-state index is 8.60. The second-order valence-corrected chi connectivity index (χ2v) is 5.78. The molecule has 2 rings (SSSR count). The van der Waals surface area contributed by atoms with Crippen LogP contribution in [0.2, 0.25) is 0 Å². The molecule has 0 spiro atoms. The van der Waals surface area contributed by atoms with Gasteiger partial charge in [0.05, 0.1) is 25.7 Å². The van der Waals surface area contributed by atoms with Crippen molar-refractivity contribution in [1.29, 1.82) is 0 Å². The van der Waals surface area contributed by atoms with Gasteiger partial charge in [0, 0.05) is 12.1 Å². The molecule has 19 heavy (non-hydrogen) atoms. The number of benzene rings is 1. The topological polar surface area (TPSA) is 101 Å². The predicted octanol–water partition coefficient (Wildman–Crippen LogP) is -0.113. The molecule has 104 valence electrons. The highest BCUT2D eigenvalue weighted by Crippen LogP contribution is 2.25. The summed E-state index contributed by atoms with van der Waals surface area (Å²) in [4.78, 5) is 0. The van der Waals surface area contributed by atoms with Gasteiger partial charge in [0.15, 0.2) is 0 Å². The van der Waals surface area contributed by atoms with Crippen molar-refractivity contribution in [2.24, 2.45) is 0 Å². The standard InChI is InChI=1S/C13H15O.ClHO4/c1-13(2,3)12-9-8-10-6-4-5-7-11(10)14-12;2-1(3,4)5/h4-9H,1-3H3;(H,2,3,4,5)/q+1;. The van der Waals surface area contributed by atoms with E-state index in [-0.39, 0.29) is 5.41 Å². The van der Waals surface area contributed by atoms with Gasteiger partial charge in [-0.2, -0.15) is 14.0 Å². The molecule has 0 amide bonds. The van der Waals surface area contributed by atoms with E-state index in [1.807, 2.05) is 18.2 Å². The minimum atomic E-state index is -4.69. The van der Waals surface area contributed by atoms with Gasteiger partial charge in [-0.05, 0) is 32.9 Å². The largest absolute Gasteiger partial charge is 0.360 e. The summed E-state index contributed by atoms with van der Waals surface area (Å²) < 4.78 is 38.5. The molecule has 2 aromatic rings. The number of hydrogen-bond donors (Lipinski definition) is 1. The van der Waals surface area contributed by atoms with E-state index in [9.17, 15) is 0 Å². The van der Waals surface area contributed by atoms with Crippen molar-refractivity contribution in [1.82, 2.24) is 0 Å². The van der Waals surface area contributed by atoms with Crippen molar-refractivity contribution in [2.45, 2.75) is 26.2 Å². The zero-order chi connectivity index (χ0) is 14.7. The van der Waals surface area contributed by atoms with Crippen LogP contribution in [0.4, 0.5) is 0 Å². The first kappa shape index (κ1) is 15.8. The highest BCUT2D eigenvalue weighted by atomic mass is 35.7. The Morgan fingerprint density at radius 3 is 2.05 bits per heavy atom. The van der Waals surface area contributed by atoms with E-state index in [2.05, 4.69) is 39.0 Å². The van der Waals surface area contributed by atoms with E-state index >= 15 is 0 Å². The van der Waals surface area contributed by atoms with Crippen LogP contribution in [0.15, 0.2) is 40.8 Å². The molecule has 0 saturated carbocycles. The lowest BCUT2D eigenvalue weighted by molar-refractivity contribution is -1.92. The summed E-state index contributed by atoms with van der Waals surface area (Å²) in [6.45, 7) is 6.46. The van der Waals surface area contributed by atoms with E-state index in [0.717, 1.165) is 16.7 Å². The lowest BCUT2D eigenvalue weighted by atomic mass is 9.93. The molecule has 6 heteroatoms. The first-order valence-electron chi connectivity index (χ1n) is 5.53. The Kier molecular flexibility index (Phi) is 4.84. The summed E-state index contributed by atoms with van der Waals surface area (Å²) in [6, 6.07) is 12.3. The average molecular weight is 288 g/mol. The van der Waals surface area contributed by atoms with Crippen LogP contribution >= 0.6 is 0 Å². The molecular formula is C13H16ClO5+. The van der Waals surface area contributed by atoms with Crippen LogP contribution in [0.5, 0.6) is 0 Å². The minimum Gasteiger partial charge on any atom is -0.212 e. The van der Waals surface area contributed by atoms with Crippen LogP contribution in [0.25, 0.3) is 11.0 Å². The van der Waals surface area contributed by atoms with Crippen LogP contribution in [0.3, 0.4) is 0 Å². The van der Waals surface area contributed by atoms with Gasteiger partial charge in [-0.25, -0.2) is 4.42 Å². The first-order valence-corrected chi connectivity index (χ1v) is 6.79. The Balaban J connectivity index is 0.000000312. The summed E-state index contributed by atoms with van der Waals surface area (Å²) in [5.41, 5.74) is 1.03. The molecule has 0 fully saturated rings. The van der Waals surface area contributed by atoms with Crippen molar-refractivity contribution in [3.8, 4) is 0 Å². The number of fused-ring (bicyclic) bond motifs is 1. The molecule has 5 nitrogen and oxygen atoms in total. The quantitative estimate of drug-likeness (QED) is 0.681. The highest BCUT2D eigenvalue weighted by molar-refractivity contribution is 5.76. The van der Waals surface area contributed by atoms with Crippen LogP contribution < -0.4 is 14.0 Å². The van der Waals surface area contributed by atoms with Crippen LogP contribution in [-0.4, -0.2) is 4.66 Å². The highest BCUT2D eigenvalue weighted by Gasteiger charge is 2.26. The summed E-state index contributed by atoms with van der Waals surface area (Å²) in [7, 11) is -4.69. The maximum atomic E-state index is 8.60. The van der Waals surface area contributed by atoms with Crippen molar-refractivity contribution in [2.75, 3.05) is 0 Å². The molecule has 0 aliphatic heterocycles. The molecular weight excluding hydrogens is 272 g/mol. The second kappa shape index (κ2) is 5.81. The molecule has 0 aliphatic rings. The fourth-order valence-electron chi connectivity index (χ4n) is 1.43. The molecule has 0 atom stereocenters. The zero-order valence-electron chi connectivity index (χ0n) is 10.9. The van der Waals surface area contributed by atoms with Crippen LogP contribution in [0.1, 0.15) is 26.5 Å². The zero-order valence-corrected chi connectivity index (χ0v) is 11.7. The van der Waals surface area contributed by atoms with Gasteiger partial charge in [0.25, 0.3) is 0 Å². The Labute approximate surface area is 113 Å². The minimum absolute atomic E-state index is 0.0734. The van der Waals surface area contributed by atoms with E-state index in [4.69, 9.17) is 23.1 Å². The van der Waals surface area contributed by atoms with Gasteiger partial charge in [-0.15, -0.1) is 0 Å². The van der Waals surface area contributed by atoms with Gasteiger partial charge >= 0.3 is 11.3 Å². The molecule has 0 bridgehead atoms. The third-order valence-electron chi connectivity index (χ3n) is 2.29. The molecule has 1 heterocycles. The Bertz CT molecular complexity index is 536. The maximum Gasteiger partial charge on any atom is 0.360 e. The second-order valence-electron chi connectivity index (χ2n) is 4.98. The van der Waals surface area contributed by atoms with E-state index < -0.39 is 10.2 Å². The Morgan fingerprint density at radius 2 is 1.53 bits per heavy atom. The van der Waals surface area contributed by atoms with Crippen molar-refractivity contribution < 1.29 is 33.3 Å². The van der Waals surface area contributed by atoms with Gasteiger partial charge in [-0.1, -0.05) is 12.1 Å². The lowest BCUT2D eigenvalue weighted by Crippen LogP contribution is -2.58. The third-order valence-corrected chi connectivity index (χ3v) is 2.29. The average Bonchev–Trinajstić information content (AvgIpc) is 2.25. The monoisotopic (exact) mass is 287 g/mol. The van der Waals surface area contributed by atoms with Gasteiger partial charge in [0.2, 0.25) is 0 Å². The lowest BCUT2D eigenvalue weighted by Gasteiger charge is -2.07. The molecule has 1 aromatic carbocycles. The van der Waals surface area contributed by atoms with Crippen molar-refractivity contribution in [3.63, 3.8) is 0 Å². The first-order chi connectivity index (χ1) is 8.57.